The van der Waals surface area contributed by atoms with Crippen molar-refractivity contribution in [1.82, 2.24) is 14.6 Å². The molecule has 8 heteroatoms. The molecule has 1 amide bonds. The van der Waals surface area contributed by atoms with Crippen LogP contribution in [0.3, 0.4) is 0 Å². The fourth-order valence-corrected chi connectivity index (χ4v) is 5.61. The summed E-state index contributed by atoms with van der Waals surface area (Å²) in [5.41, 5.74) is 2.70. The molecule has 4 rings (SSSR count). The highest BCUT2D eigenvalue weighted by molar-refractivity contribution is 7.89. The number of sulfonamides is 1. The van der Waals surface area contributed by atoms with Gasteiger partial charge in [0.2, 0.25) is 21.5 Å². The Bertz CT molecular complexity index is 1280. The molecule has 1 atom stereocenters. The van der Waals surface area contributed by atoms with E-state index in [0.717, 1.165) is 12.0 Å². The minimum Gasteiger partial charge on any atom is -0.355 e. The molecule has 0 aliphatic carbocycles. The smallest absolute Gasteiger partial charge is 0.248 e. The highest BCUT2D eigenvalue weighted by Crippen LogP contribution is 2.25. The SMILES string of the molecule is Cc1ccc(CCNC(=O)[C@H]2CCCN(S(=O)(=O)c3ccc4[nH]c(=O)ccc4c3)C2)cc1. The second-order valence-electron chi connectivity index (χ2n) is 8.30. The van der Waals surface area contributed by atoms with Crippen molar-refractivity contribution in [1.29, 1.82) is 0 Å². The van der Waals surface area contributed by atoms with Crippen LogP contribution in [0.4, 0.5) is 0 Å². The number of aromatic amines is 1. The predicted molar refractivity (Wildman–Crippen MR) is 124 cm³/mol. The summed E-state index contributed by atoms with van der Waals surface area (Å²) < 4.78 is 27.8. The number of carbonyl (C=O) groups is 1. The van der Waals surface area contributed by atoms with Gasteiger partial charge in [0.05, 0.1) is 10.8 Å². The maximum Gasteiger partial charge on any atom is 0.248 e. The van der Waals surface area contributed by atoms with Crippen LogP contribution >= 0.6 is 0 Å². The van der Waals surface area contributed by atoms with Crippen molar-refractivity contribution in [2.24, 2.45) is 5.92 Å². The monoisotopic (exact) mass is 453 g/mol. The zero-order valence-electron chi connectivity index (χ0n) is 18.0. The Balaban J connectivity index is 1.41. The Labute approximate surface area is 187 Å². The van der Waals surface area contributed by atoms with Crippen molar-refractivity contribution in [3.63, 3.8) is 0 Å². The van der Waals surface area contributed by atoms with Crippen LogP contribution in [0.2, 0.25) is 0 Å². The molecule has 0 bridgehead atoms. The van der Waals surface area contributed by atoms with Crippen molar-refractivity contribution in [2.75, 3.05) is 19.6 Å². The van der Waals surface area contributed by atoms with E-state index in [0.29, 0.717) is 36.8 Å². The van der Waals surface area contributed by atoms with Gasteiger partial charge in [-0.15, -0.1) is 0 Å². The number of fused-ring (bicyclic) bond motifs is 1. The summed E-state index contributed by atoms with van der Waals surface area (Å²) in [6.45, 7) is 3.11. The summed E-state index contributed by atoms with van der Waals surface area (Å²) in [5.74, 6) is -0.471. The van der Waals surface area contributed by atoms with E-state index in [9.17, 15) is 18.0 Å². The van der Waals surface area contributed by atoms with E-state index >= 15 is 0 Å². The Morgan fingerprint density at radius 1 is 1.12 bits per heavy atom. The minimum atomic E-state index is -3.74. The normalized spacial score (nSPS) is 17.3. The van der Waals surface area contributed by atoms with Gasteiger partial charge in [-0.3, -0.25) is 9.59 Å². The van der Waals surface area contributed by atoms with Gasteiger partial charge < -0.3 is 10.3 Å². The summed E-state index contributed by atoms with van der Waals surface area (Å²) >= 11 is 0. The number of benzene rings is 2. The fourth-order valence-electron chi connectivity index (χ4n) is 4.05. The van der Waals surface area contributed by atoms with E-state index in [2.05, 4.69) is 22.4 Å². The Hall–Kier alpha value is -2.97. The number of pyridine rings is 1. The Morgan fingerprint density at radius 2 is 1.91 bits per heavy atom. The van der Waals surface area contributed by atoms with Crippen LogP contribution < -0.4 is 10.9 Å². The van der Waals surface area contributed by atoms with Crippen molar-refractivity contribution < 1.29 is 13.2 Å². The van der Waals surface area contributed by atoms with Gasteiger partial charge in [0.1, 0.15) is 0 Å². The number of hydrogen-bond acceptors (Lipinski definition) is 4. The molecule has 0 saturated carbocycles. The van der Waals surface area contributed by atoms with Crippen LogP contribution in [0.5, 0.6) is 0 Å². The summed E-state index contributed by atoms with van der Waals surface area (Å²) in [5, 5.41) is 3.61. The van der Waals surface area contributed by atoms with Crippen LogP contribution in [-0.2, 0) is 21.2 Å². The molecule has 7 nitrogen and oxygen atoms in total. The second-order valence-corrected chi connectivity index (χ2v) is 10.2. The van der Waals surface area contributed by atoms with Crippen molar-refractivity contribution in [2.45, 2.75) is 31.1 Å². The van der Waals surface area contributed by atoms with Crippen molar-refractivity contribution in [3.05, 3.63) is 76.1 Å². The molecule has 1 fully saturated rings. The number of nitrogens with zero attached hydrogens (tertiary/aromatic N) is 1. The zero-order chi connectivity index (χ0) is 22.7. The van der Waals surface area contributed by atoms with Crippen LogP contribution in [0.1, 0.15) is 24.0 Å². The summed E-state index contributed by atoms with van der Waals surface area (Å²) in [6, 6.07) is 15.8. The Morgan fingerprint density at radius 3 is 2.69 bits per heavy atom. The minimum absolute atomic E-state index is 0.104. The molecule has 2 N–H and O–H groups in total. The second kappa shape index (κ2) is 9.26. The van der Waals surface area contributed by atoms with Crippen LogP contribution in [0.15, 0.2) is 64.3 Å². The van der Waals surface area contributed by atoms with Gasteiger partial charge in [-0.25, -0.2) is 8.42 Å². The van der Waals surface area contributed by atoms with Gasteiger partial charge in [0.15, 0.2) is 0 Å². The van der Waals surface area contributed by atoms with E-state index < -0.39 is 10.0 Å². The quantitative estimate of drug-likeness (QED) is 0.599. The molecular formula is C24H27N3O4S. The van der Waals surface area contributed by atoms with Gasteiger partial charge in [0.25, 0.3) is 0 Å². The number of aromatic nitrogens is 1. The maximum atomic E-state index is 13.2. The van der Waals surface area contributed by atoms with Crippen molar-refractivity contribution in [3.8, 4) is 0 Å². The molecule has 168 valence electrons. The van der Waals surface area contributed by atoms with E-state index in [1.54, 1.807) is 18.2 Å². The molecular weight excluding hydrogens is 426 g/mol. The lowest BCUT2D eigenvalue weighted by Crippen LogP contribution is -2.45. The highest BCUT2D eigenvalue weighted by atomic mass is 32.2. The molecule has 0 radical (unpaired) electrons. The first-order valence-electron chi connectivity index (χ1n) is 10.8. The Kier molecular flexibility index (Phi) is 6.43. The first kappa shape index (κ1) is 22.2. The van der Waals surface area contributed by atoms with E-state index in [-0.39, 0.29) is 28.8 Å². The molecule has 1 aliphatic heterocycles. The van der Waals surface area contributed by atoms with E-state index in [1.807, 2.05) is 19.1 Å². The molecule has 2 heterocycles. The van der Waals surface area contributed by atoms with Crippen LogP contribution in [0.25, 0.3) is 10.9 Å². The fraction of sp³-hybridized carbons (Fsp3) is 0.333. The van der Waals surface area contributed by atoms with Gasteiger partial charge in [0, 0.05) is 31.2 Å². The van der Waals surface area contributed by atoms with Gasteiger partial charge >= 0.3 is 0 Å². The summed E-state index contributed by atoms with van der Waals surface area (Å²) in [7, 11) is -3.74. The van der Waals surface area contributed by atoms with Gasteiger partial charge in [-0.2, -0.15) is 4.31 Å². The summed E-state index contributed by atoms with van der Waals surface area (Å²) in [6.07, 6.45) is 2.04. The van der Waals surface area contributed by atoms with E-state index in [4.69, 9.17) is 0 Å². The highest BCUT2D eigenvalue weighted by Gasteiger charge is 2.33. The molecule has 0 unspecified atom stereocenters. The number of amides is 1. The third kappa shape index (κ3) is 4.92. The molecule has 1 saturated heterocycles. The lowest BCUT2D eigenvalue weighted by molar-refractivity contribution is -0.126. The largest absolute Gasteiger partial charge is 0.355 e. The van der Waals surface area contributed by atoms with Gasteiger partial charge in [-0.05, 0) is 61.4 Å². The number of aryl methyl sites for hydroxylation is 1. The lowest BCUT2D eigenvalue weighted by atomic mass is 9.98. The first-order chi connectivity index (χ1) is 15.3. The lowest BCUT2D eigenvalue weighted by Gasteiger charge is -2.31. The number of hydrogen-bond donors (Lipinski definition) is 2. The third-order valence-electron chi connectivity index (χ3n) is 5.92. The number of rotatable bonds is 6. The van der Waals surface area contributed by atoms with Crippen LogP contribution in [0, 0.1) is 12.8 Å². The average molecular weight is 454 g/mol. The van der Waals surface area contributed by atoms with Gasteiger partial charge in [-0.1, -0.05) is 29.8 Å². The zero-order valence-corrected chi connectivity index (χ0v) is 18.8. The number of piperidine rings is 1. The third-order valence-corrected chi connectivity index (χ3v) is 7.78. The standard InChI is InChI=1S/C24H27N3O4S/c1-17-4-6-18(7-5-17)12-13-25-24(29)20-3-2-14-27(16-20)32(30,31)21-9-10-22-19(15-21)8-11-23(28)26-22/h4-11,15,20H,2-3,12-14,16H2,1H3,(H,25,29)(H,26,28)/t20-/m0/s1. The molecule has 32 heavy (non-hydrogen) atoms. The predicted octanol–water partition coefficient (Wildman–Crippen LogP) is 2.60. The molecule has 0 spiro atoms. The maximum absolute atomic E-state index is 13.2. The number of H-pyrrole nitrogens is 1. The van der Waals surface area contributed by atoms with Crippen molar-refractivity contribution >= 4 is 26.8 Å². The molecule has 3 aromatic rings. The summed E-state index contributed by atoms with van der Waals surface area (Å²) in [4.78, 5) is 27.0. The first-order valence-corrected chi connectivity index (χ1v) is 12.2. The topological polar surface area (TPSA) is 99.3 Å². The van der Waals surface area contributed by atoms with E-state index in [1.165, 1.54) is 22.0 Å². The molecule has 1 aliphatic rings. The molecule has 2 aromatic carbocycles. The average Bonchev–Trinajstić information content (AvgIpc) is 2.80. The number of nitrogens with one attached hydrogen (secondary N) is 2. The molecule has 1 aromatic heterocycles. The number of carbonyl (C=O) groups excluding carboxylic acids is 1. The van der Waals surface area contributed by atoms with Crippen LogP contribution in [-0.4, -0.2) is 43.2 Å².